The Balaban J connectivity index is 1.31. The summed E-state index contributed by atoms with van der Waals surface area (Å²) in [6.07, 6.45) is 6.65. The number of fused-ring (bicyclic) bond motifs is 4. The molecule has 0 N–H and O–H groups in total. The number of allylic oxidation sites excluding steroid dienone is 2. The van der Waals surface area contributed by atoms with Crippen molar-refractivity contribution < 1.29 is 0 Å². The van der Waals surface area contributed by atoms with Gasteiger partial charge in [0.25, 0.3) is 0 Å². The van der Waals surface area contributed by atoms with Crippen LogP contribution in [0.1, 0.15) is 22.7 Å². The second kappa shape index (κ2) is 12.1. The van der Waals surface area contributed by atoms with E-state index in [4.69, 9.17) is 4.98 Å². The van der Waals surface area contributed by atoms with Gasteiger partial charge in [-0.1, -0.05) is 127 Å². The second-order valence-corrected chi connectivity index (χ2v) is 12.9. The smallest absolute Gasteiger partial charge is 0.0732 e. The van der Waals surface area contributed by atoms with E-state index in [0.717, 1.165) is 16.5 Å². The van der Waals surface area contributed by atoms with Crippen LogP contribution in [0.2, 0.25) is 0 Å². The van der Waals surface area contributed by atoms with Gasteiger partial charge in [0.2, 0.25) is 0 Å². The topological polar surface area (TPSA) is 16.1 Å². The van der Waals surface area contributed by atoms with Gasteiger partial charge in [0, 0.05) is 24.3 Å². The molecular weight excluding hydrogens is 593 g/mol. The number of rotatable bonds is 5. The third-order valence-electron chi connectivity index (χ3n) is 9.92. The van der Waals surface area contributed by atoms with Gasteiger partial charge in [0.05, 0.1) is 11.6 Å². The summed E-state index contributed by atoms with van der Waals surface area (Å²) < 4.78 is 0. The van der Waals surface area contributed by atoms with E-state index in [0.29, 0.717) is 0 Å². The molecule has 0 spiro atoms. The number of pyridine rings is 1. The predicted molar refractivity (Wildman–Crippen MR) is 207 cm³/mol. The van der Waals surface area contributed by atoms with Gasteiger partial charge in [0.1, 0.15) is 0 Å². The second-order valence-electron chi connectivity index (χ2n) is 12.9. The largest absolute Gasteiger partial charge is 0.364 e. The Morgan fingerprint density at radius 3 is 2.00 bits per heavy atom. The van der Waals surface area contributed by atoms with E-state index < -0.39 is 0 Å². The number of aromatic nitrogens is 1. The Kier molecular flexibility index (Phi) is 7.13. The molecule has 9 rings (SSSR count). The molecule has 0 amide bonds. The maximum absolute atomic E-state index is 4.70. The lowest BCUT2D eigenvalue weighted by atomic mass is 9.87. The van der Waals surface area contributed by atoms with Gasteiger partial charge >= 0.3 is 0 Å². The van der Waals surface area contributed by atoms with Gasteiger partial charge in [-0.05, 0) is 115 Å². The van der Waals surface area contributed by atoms with Crippen LogP contribution in [0, 0.1) is 0 Å². The van der Waals surface area contributed by atoms with Crippen LogP contribution in [0.25, 0.3) is 66.0 Å². The molecule has 2 heterocycles. The highest BCUT2D eigenvalue weighted by atomic mass is 15.1. The zero-order valence-electron chi connectivity index (χ0n) is 27.3. The van der Waals surface area contributed by atoms with E-state index in [1.165, 1.54) is 66.2 Å². The third-order valence-corrected chi connectivity index (χ3v) is 9.92. The Morgan fingerprint density at radius 1 is 0.490 bits per heavy atom. The quantitative estimate of drug-likeness (QED) is 0.177. The minimum absolute atomic E-state index is 0.0786. The van der Waals surface area contributed by atoms with Crippen LogP contribution in [0.3, 0.4) is 0 Å². The molecule has 1 unspecified atom stereocenters. The minimum Gasteiger partial charge on any atom is -0.364 e. The van der Waals surface area contributed by atoms with Crippen molar-refractivity contribution in [3.63, 3.8) is 0 Å². The van der Waals surface area contributed by atoms with Crippen LogP contribution in [0.15, 0.2) is 182 Å². The van der Waals surface area contributed by atoms with Crippen LogP contribution in [0.4, 0.5) is 0 Å². The molecule has 1 atom stereocenters. The number of hydrogen-bond acceptors (Lipinski definition) is 2. The van der Waals surface area contributed by atoms with Crippen molar-refractivity contribution in [3.8, 4) is 22.3 Å². The highest BCUT2D eigenvalue weighted by molar-refractivity contribution is 6.14. The number of nitrogens with zero attached hydrogens (tertiary/aromatic N) is 2. The van der Waals surface area contributed by atoms with Crippen LogP contribution >= 0.6 is 0 Å². The van der Waals surface area contributed by atoms with Crippen LogP contribution in [-0.2, 0) is 0 Å². The average molecular weight is 627 g/mol. The van der Waals surface area contributed by atoms with Crippen molar-refractivity contribution in [1.29, 1.82) is 0 Å². The fourth-order valence-electron chi connectivity index (χ4n) is 7.43. The first-order valence-electron chi connectivity index (χ1n) is 16.9. The van der Waals surface area contributed by atoms with Crippen molar-refractivity contribution in [2.45, 2.75) is 6.04 Å². The van der Waals surface area contributed by atoms with E-state index in [1.807, 2.05) is 12.3 Å². The van der Waals surface area contributed by atoms with Crippen LogP contribution < -0.4 is 0 Å². The van der Waals surface area contributed by atoms with Gasteiger partial charge in [-0.3, -0.25) is 4.98 Å². The van der Waals surface area contributed by atoms with Crippen LogP contribution in [0.5, 0.6) is 0 Å². The normalized spacial score (nSPS) is 14.6. The summed E-state index contributed by atoms with van der Waals surface area (Å²) in [5.74, 6) is 0. The summed E-state index contributed by atoms with van der Waals surface area (Å²) in [6, 6.07) is 59.4. The lowest BCUT2D eigenvalue weighted by Gasteiger charge is -2.35. The molecule has 7 aromatic carbocycles. The predicted octanol–water partition coefficient (Wildman–Crippen LogP) is 12.0. The van der Waals surface area contributed by atoms with E-state index in [2.05, 4.69) is 182 Å². The van der Waals surface area contributed by atoms with Crippen molar-refractivity contribution in [3.05, 3.63) is 199 Å². The van der Waals surface area contributed by atoms with E-state index in [-0.39, 0.29) is 6.04 Å². The first-order chi connectivity index (χ1) is 24.2. The lowest BCUT2D eigenvalue weighted by Crippen LogP contribution is -2.24. The first-order valence-corrected chi connectivity index (χ1v) is 16.9. The Labute approximate surface area is 286 Å². The van der Waals surface area contributed by atoms with Crippen molar-refractivity contribution in [1.82, 2.24) is 9.88 Å². The molecule has 1 aromatic heterocycles. The van der Waals surface area contributed by atoms with Crippen molar-refractivity contribution in [2.75, 3.05) is 7.05 Å². The minimum atomic E-state index is 0.0786. The van der Waals surface area contributed by atoms with Gasteiger partial charge in [-0.2, -0.15) is 0 Å². The molecule has 0 saturated heterocycles. The Morgan fingerprint density at radius 2 is 1.16 bits per heavy atom. The molecule has 0 saturated carbocycles. The van der Waals surface area contributed by atoms with E-state index in [9.17, 15) is 0 Å². The number of benzene rings is 7. The standard InChI is InChI=1S/C47H34N2/c1-49-46(33-13-4-2-5-14-33)30-39(31-47(49)34-15-6-3-7-16-34)38-25-37(35-23-22-32-18-12-24-48-45(32)29-35)26-40(27-38)44-28-36-17-8-9-19-41(36)42-20-10-11-21-43(42)44/h2-31,46H,1H3. The third kappa shape index (κ3) is 5.28. The summed E-state index contributed by atoms with van der Waals surface area (Å²) in [5.41, 5.74) is 11.8. The molecule has 0 bridgehead atoms. The molecule has 49 heavy (non-hydrogen) atoms. The zero-order valence-corrected chi connectivity index (χ0v) is 27.3. The molecule has 0 aliphatic carbocycles. The number of hydrogen-bond donors (Lipinski definition) is 0. The maximum Gasteiger partial charge on any atom is 0.0732 e. The molecule has 8 aromatic rings. The number of likely N-dealkylation sites (N-methyl/N-ethyl adjacent to an activating group) is 1. The van der Waals surface area contributed by atoms with Crippen LogP contribution in [-0.4, -0.2) is 16.9 Å². The summed E-state index contributed by atoms with van der Waals surface area (Å²) in [7, 11) is 2.20. The summed E-state index contributed by atoms with van der Waals surface area (Å²) in [4.78, 5) is 7.10. The molecule has 1 aliphatic heterocycles. The maximum atomic E-state index is 4.70. The SMILES string of the molecule is CN1C(c2ccccc2)=CC(c2cc(-c3ccc4cccnc4c3)cc(-c3cc4ccccc4c4ccccc34)c2)=CC1c1ccccc1. The first kappa shape index (κ1) is 28.9. The van der Waals surface area contributed by atoms with Gasteiger partial charge in [0.15, 0.2) is 0 Å². The monoisotopic (exact) mass is 626 g/mol. The average Bonchev–Trinajstić information content (AvgIpc) is 3.18. The van der Waals surface area contributed by atoms with E-state index in [1.54, 1.807) is 0 Å². The zero-order chi connectivity index (χ0) is 32.7. The van der Waals surface area contributed by atoms with Crippen molar-refractivity contribution in [2.24, 2.45) is 0 Å². The van der Waals surface area contributed by atoms with Crippen molar-refractivity contribution >= 4 is 43.7 Å². The molecule has 232 valence electrons. The summed E-state index contributed by atoms with van der Waals surface area (Å²) in [5, 5.41) is 6.18. The lowest BCUT2D eigenvalue weighted by molar-refractivity contribution is 0.413. The fraction of sp³-hybridized carbons (Fsp3) is 0.0426. The highest BCUT2D eigenvalue weighted by Crippen LogP contribution is 2.42. The summed E-state index contributed by atoms with van der Waals surface area (Å²) >= 11 is 0. The van der Waals surface area contributed by atoms with Gasteiger partial charge < -0.3 is 4.90 Å². The molecule has 0 radical (unpaired) electrons. The molecule has 2 nitrogen and oxygen atoms in total. The van der Waals surface area contributed by atoms with Gasteiger partial charge in [-0.25, -0.2) is 0 Å². The highest BCUT2D eigenvalue weighted by Gasteiger charge is 2.24. The molecule has 2 heteroatoms. The Hall–Kier alpha value is -6.25. The Bertz CT molecular complexity index is 2560. The van der Waals surface area contributed by atoms with Gasteiger partial charge in [-0.15, -0.1) is 0 Å². The molecular formula is C47H34N2. The van der Waals surface area contributed by atoms with E-state index >= 15 is 0 Å². The summed E-state index contributed by atoms with van der Waals surface area (Å²) in [6.45, 7) is 0. The molecule has 0 fully saturated rings. The fourth-order valence-corrected chi connectivity index (χ4v) is 7.43. The molecule has 1 aliphatic rings.